The Morgan fingerprint density at radius 3 is 2.78 bits per heavy atom. The number of piperidine rings is 1. The summed E-state index contributed by atoms with van der Waals surface area (Å²) in [6.07, 6.45) is 5.59. The minimum absolute atomic E-state index is 0.611. The van der Waals surface area contributed by atoms with Gasteiger partial charge in [-0.05, 0) is 50.5 Å². The number of fused-ring (bicyclic) bond motifs is 1. The minimum atomic E-state index is 0.611. The van der Waals surface area contributed by atoms with Gasteiger partial charge in [0.1, 0.15) is 5.82 Å². The quantitative estimate of drug-likeness (QED) is 0.805. The second kappa shape index (κ2) is 5.87. The molecule has 0 radical (unpaired) electrons. The zero-order valence-corrected chi connectivity index (χ0v) is 13.2. The van der Waals surface area contributed by atoms with E-state index in [9.17, 15) is 0 Å². The van der Waals surface area contributed by atoms with Gasteiger partial charge in [-0.2, -0.15) is 9.50 Å². The van der Waals surface area contributed by atoms with Gasteiger partial charge in [0.25, 0.3) is 0 Å². The Bertz CT molecular complexity index is 819. The van der Waals surface area contributed by atoms with Crippen molar-refractivity contribution >= 4 is 23.1 Å². The van der Waals surface area contributed by atoms with Crippen molar-refractivity contribution in [3.05, 3.63) is 42.2 Å². The van der Waals surface area contributed by atoms with E-state index in [1.807, 2.05) is 35.7 Å². The molecule has 3 aromatic heterocycles. The third-order valence-electron chi connectivity index (χ3n) is 4.17. The van der Waals surface area contributed by atoms with Crippen LogP contribution < -0.4 is 10.2 Å². The summed E-state index contributed by atoms with van der Waals surface area (Å²) >= 11 is 0. The lowest BCUT2D eigenvalue weighted by Crippen LogP contribution is -2.31. The molecule has 0 aromatic carbocycles. The summed E-state index contributed by atoms with van der Waals surface area (Å²) in [5.74, 6) is 1.73. The number of nitrogens with zero attached hydrogens (tertiary/aromatic N) is 5. The molecule has 1 aliphatic heterocycles. The number of nitrogens with one attached hydrogen (secondary N) is 1. The van der Waals surface area contributed by atoms with Crippen molar-refractivity contribution in [1.82, 2.24) is 19.6 Å². The predicted molar refractivity (Wildman–Crippen MR) is 91.3 cm³/mol. The van der Waals surface area contributed by atoms with Crippen LogP contribution in [-0.4, -0.2) is 32.7 Å². The van der Waals surface area contributed by atoms with Crippen LogP contribution in [0.25, 0.3) is 5.65 Å². The molecule has 0 amide bonds. The summed E-state index contributed by atoms with van der Waals surface area (Å²) in [6.45, 7) is 4.15. The van der Waals surface area contributed by atoms with Gasteiger partial charge in [0.05, 0.1) is 0 Å². The van der Waals surface area contributed by atoms with Crippen molar-refractivity contribution in [3.63, 3.8) is 0 Å². The molecular formula is C17H20N6. The molecule has 3 aromatic rings. The lowest BCUT2D eigenvalue weighted by Gasteiger charge is -2.28. The summed E-state index contributed by atoms with van der Waals surface area (Å²) in [5, 5.41) is 7.91. The van der Waals surface area contributed by atoms with E-state index in [2.05, 4.69) is 31.3 Å². The molecule has 4 heterocycles. The van der Waals surface area contributed by atoms with Gasteiger partial charge in [0.2, 0.25) is 5.95 Å². The molecule has 6 heteroatoms. The van der Waals surface area contributed by atoms with Crippen LogP contribution in [0, 0.1) is 6.92 Å². The minimum Gasteiger partial charge on any atom is -0.357 e. The van der Waals surface area contributed by atoms with Crippen LogP contribution in [0.5, 0.6) is 0 Å². The molecule has 0 aliphatic carbocycles. The Kier molecular flexibility index (Phi) is 3.57. The second-order valence-corrected chi connectivity index (χ2v) is 5.95. The van der Waals surface area contributed by atoms with Gasteiger partial charge in [-0.1, -0.05) is 6.07 Å². The topological polar surface area (TPSA) is 58.4 Å². The van der Waals surface area contributed by atoms with E-state index in [1.165, 1.54) is 19.3 Å². The molecule has 6 nitrogen and oxygen atoms in total. The predicted octanol–water partition coefficient (Wildman–Crippen LogP) is 3.17. The van der Waals surface area contributed by atoms with Crippen LogP contribution in [-0.2, 0) is 0 Å². The number of anilines is 3. The highest BCUT2D eigenvalue weighted by molar-refractivity contribution is 5.58. The number of hydrogen-bond donors (Lipinski definition) is 1. The van der Waals surface area contributed by atoms with Gasteiger partial charge < -0.3 is 10.2 Å². The fourth-order valence-electron chi connectivity index (χ4n) is 3.06. The normalized spacial score (nSPS) is 15.1. The van der Waals surface area contributed by atoms with E-state index in [-0.39, 0.29) is 0 Å². The fraction of sp³-hybridized carbons (Fsp3) is 0.353. The molecule has 4 rings (SSSR count). The standard InChI is InChI=1S/C17H20N6/c1-13-12-14(8-9-18-13)19-17-20-15-6-5-7-16(23(15)21-17)22-10-3-2-4-11-22/h5-9,12H,2-4,10-11H2,1H3,(H,18,19,21). The summed E-state index contributed by atoms with van der Waals surface area (Å²) in [4.78, 5) is 11.2. The van der Waals surface area contributed by atoms with Crippen LogP contribution in [0.4, 0.5) is 17.5 Å². The molecule has 1 aliphatic rings. The molecule has 0 unspecified atom stereocenters. The highest BCUT2D eigenvalue weighted by atomic mass is 15.4. The van der Waals surface area contributed by atoms with Gasteiger partial charge in [-0.3, -0.25) is 4.98 Å². The van der Waals surface area contributed by atoms with Crippen LogP contribution in [0.15, 0.2) is 36.5 Å². The number of rotatable bonds is 3. The van der Waals surface area contributed by atoms with Crippen molar-refractivity contribution in [2.45, 2.75) is 26.2 Å². The largest absolute Gasteiger partial charge is 0.357 e. The smallest absolute Gasteiger partial charge is 0.247 e. The van der Waals surface area contributed by atoms with E-state index in [4.69, 9.17) is 0 Å². The molecule has 1 saturated heterocycles. The summed E-state index contributed by atoms with van der Waals surface area (Å²) in [5.41, 5.74) is 2.78. The fourth-order valence-corrected chi connectivity index (χ4v) is 3.06. The molecule has 0 bridgehead atoms. The van der Waals surface area contributed by atoms with Gasteiger partial charge in [-0.15, -0.1) is 5.10 Å². The van der Waals surface area contributed by atoms with Gasteiger partial charge >= 0.3 is 0 Å². The number of pyridine rings is 2. The number of aromatic nitrogens is 4. The maximum Gasteiger partial charge on any atom is 0.247 e. The van der Waals surface area contributed by atoms with Crippen molar-refractivity contribution < 1.29 is 0 Å². The number of hydrogen-bond acceptors (Lipinski definition) is 5. The van der Waals surface area contributed by atoms with Crippen LogP contribution in [0.1, 0.15) is 25.0 Å². The molecule has 0 atom stereocenters. The van der Waals surface area contributed by atoms with Crippen LogP contribution in [0.3, 0.4) is 0 Å². The van der Waals surface area contributed by atoms with E-state index in [1.54, 1.807) is 6.20 Å². The van der Waals surface area contributed by atoms with E-state index >= 15 is 0 Å². The third kappa shape index (κ3) is 2.84. The van der Waals surface area contributed by atoms with Gasteiger partial charge in [0, 0.05) is 30.7 Å². The average molecular weight is 308 g/mol. The first-order valence-electron chi connectivity index (χ1n) is 8.10. The van der Waals surface area contributed by atoms with E-state index < -0.39 is 0 Å². The van der Waals surface area contributed by atoms with E-state index in [0.29, 0.717) is 5.95 Å². The average Bonchev–Trinajstić information content (AvgIpc) is 2.98. The highest BCUT2D eigenvalue weighted by Gasteiger charge is 2.15. The molecule has 1 fully saturated rings. The summed E-state index contributed by atoms with van der Waals surface area (Å²) in [7, 11) is 0. The van der Waals surface area contributed by atoms with Crippen LogP contribution >= 0.6 is 0 Å². The van der Waals surface area contributed by atoms with Crippen LogP contribution in [0.2, 0.25) is 0 Å². The molecule has 1 N–H and O–H groups in total. The Labute approximate surface area is 135 Å². The van der Waals surface area contributed by atoms with Gasteiger partial charge in [-0.25, -0.2) is 0 Å². The zero-order valence-electron chi connectivity index (χ0n) is 13.2. The number of aryl methyl sites for hydroxylation is 1. The molecule has 118 valence electrons. The van der Waals surface area contributed by atoms with Crippen molar-refractivity contribution in [3.8, 4) is 0 Å². The summed E-state index contributed by atoms with van der Waals surface area (Å²) < 4.78 is 1.93. The first kappa shape index (κ1) is 14.0. The maximum absolute atomic E-state index is 4.65. The first-order chi connectivity index (χ1) is 11.3. The third-order valence-corrected chi connectivity index (χ3v) is 4.17. The summed E-state index contributed by atoms with van der Waals surface area (Å²) in [6, 6.07) is 10.1. The van der Waals surface area contributed by atoms with Crippen molar-refractivity contribution in [2.24, 2.45) is 0 Å². The molecule has 23 heavy (non-hydrogen) atoms. The molecular weight excluding hydrogens is 288 g/mol. The van der Waals surface area contributed by atoms with E-state index in [0.717, 1.165) is 35.9 Å². The lowest BCUT2D eigenvalue weighted by molar-refractivity contribution is 0.569. The molecule has 0 saturated carbocycles. The Hall–Kier alpha value is -2.63. The maximum atomic E-state index is 4.65. The van der Waals surface area contributed by atoms with Gasteiger partial charge in [0.15, 0.2) is 5.65 Å². The Balaban J connectivity index is 1.67. The second-order valence-electron chi connectivity index (χ2n) is 5.95. The van der Waals surface area contributed by atoms with Crippen molar-refractivity contribution in [1.29, 1.82) is 0 Å². The Morgan fingerprint density at radius 2 is 1.96 bits per heavy atom. The first-order valence-corrected chi connectivity index (χ1v) is 8.10. The lowest BCUT2D eigenvalue weighted by atomic mass is 10.1. The monoisotopic (exact) mass is 308 g/mol. The SMILES string of the molecule is Cc1cc(Nc2nc3cccc(N4CCCCC4)n3n2)ccn1. The van der Waals surface area contributed by atoms with Crippen molar-refractivity contribution in [2.75, 3.05) is 23.3 Å². The Morgan fingerprint density at radius 1 is 1.09 bits per heavy atom. The highest BCUT2D eigenvalue weighted by Crippen LogP contribution is 2.22. The zero-order chi connectivity index (χ0) is 15.6. The molecule has 0 spiro atoms.